The van der Waals surface area contributed by atoms with Crippen molar-refractivity contribution in [3.8, 4) is 0 Å². The van der Waals surface area contributed by atoms with E-state index in [1.165, 1.54) is 0 Å². The van der Waals surface area contributed by atoms with Crippen molar-refractivity contribution in [1.29, 1.82) is 0 Å². The topological polar surface area (TPSA) is 84.5 Å². The zero-order chi connectivity index (χ0) is 19.1. The molecule has 0 radical (unpaired) electrons. The monoisotopic (exact) mass is 367 g/mol. The Morgan fingerprint density at radius 1 is 1.30 bits per heavy atom. The second-order valence-electron chi connectivity index (χ2n) is 7.60. The second kappa shape index (κ2) is 6.81. The van der Waals surface area contributed by atoms with E-state index in [1.54, 1.807) is 0 Å². The number of piperazine rings is 1. The van der Waals surface area contributed by atoms with E-state index in [0.29, 0.717) is 19.5 Å². The quantitative estimate of drug-likeness (QED) is 0.873. The van der Waals surface area contributed by atoms with Gasteiger partial charge < -0.3 is 10.6 Å². The van der Waals surface area contributed by atoms with E-state index in [9.17, 15) is 9.59 Å². The third kappa shape index (κ3) is 3.12. The summed E-state index contributed by atoms with van der Waals surface area (Å²) in [5, 5.41) is 4.29. The van der Waals surface area contributed by atoms with Gasteiger partial charge in [0.05, 0.1) is 24.7 Å². The Hall–Kier alpha value is -2.67. The predicted molar refractivity (Wildman–Crippen MR) is 100 cm³/mol. The number of aromatic nitrogens is 2. The van der Waals surface area contributed by atoms with Crippen LogP contribution in [0.5, 0.6) is 0 Å². The van der Waals surface area contributed by atoms with Crippen molar-refractivity contribution >= 4 is 11.8 Å². The van der Waals surface area contributed by atoms with Gasteiger partial charge in [0, 0.05) is 37.4 Å². The van der Waals surface area contributed by atoms with Crippen molar-refractivity contribution in [2.75, 3.05) is 13.1 Å². The van der Waals surface area contributed by atoms with Crippen LogP contribution >= 0.6 is 0 Å². The van der Waals surface area contributed by atoms with Gasteiger partial charge in [-0.25, -0.2) is 0 Å². The number of aryl methyl sites for hydroxylation is 1. The molecule has 0 spiro atoms. The largest absolute Gasteiger partial charge is 0.369 e. The maximum Gasteiger partial charge on any atom is 0.237 e. The van der Waals surface area contributed by atoms with Gasteiger partial charge >= 0.3 is 0 Å². The molecule has 0 unspecified atom stereocenters. The molecule has 2 aliphatic heterocycles. The Balaban J connectivity index is 1.58. The van der Waals surface area contributed by atoms with E-state index in [-0.39, 0.29) is 29.8 Å². The van der Waals surface area contributed by atoms with Crippen LogP contribution in [-0.4, -0.2) is 50.5 Å². The molecule has 0 bridgehead atoms. The van der Waals surface area contributed by atoms with Crippen LogP contribution in [0.2, 0.25) is 0 Å². The van der Waals surface area contributed by atoms with Crippen molar-refractivity contribution in [2.45, 2.75) is 32.0 Å². The lowest BCUT2D eigenvalue weighted by molar-refractivity contribution is -0.141. The van der Waals surface area contributed by atoms with Crippen LogP contribution in [0.1, 0.15) is 29.3 Å². The molecule has 7 heteroatoms. The Bertz CT molecular complexity index is 863. The molecule has 2 aliphatic rings. The van der Waals surface area contributed by atoms with Crippen molar-refractivity contribution < 1.29 is 9.59 Å². The zero-order valence-electron chi connectivity index (χ0n) is 15.7. The highest BCUT2D eigenvalue weighted by molar-refractivity contribution is 5.84. The van der Waals surface area contributed by atoms with Gasteiger partial charge in [-0.2, -0.15) is 5.10 Å². The Morgan fingerprint density at radius 2 is 2.04 bits per heavy atom. The number of amides is 2. The first kappa shape index (κ1) is 17.7. The summed E-state index contributed by atoms with van der Waals surface area (Å²) < 4.78 is 1.84. The van der Waals surface area contributed by atoms with Gasteiger partial charge in [0.25, 0.3) is 0 Å². The molecule has 1 aromatic carbocycles. The average Bonchev–Trinajstić information content (AvgIpc) is 3.18. The lowest BCUT2D eigenvalue weighted by Gasteiger charge is -2.40. The number of fused-ring (bicyclic) bond motifs is 1. The van der Waals surface area contributed by atoms with Gasteiger partial charge in [-0.15, -0.1) is 0 Å². The number of carbonyl (C=O) groups is 2. The number of nitrogens with zero attached hydrogens (tertiary/aromatic N) is 4. The van der Waals surface area contributed by atoms with Crippen molar-refractivity contribution in [1.82, 2.24) is 19.6 Å². The first-order valence-electron chi connectivity index (χ1n) is 9.31. The lowest BCUT2D eigenvalue weighted by Crippen LogP contribution is -2.54. The van der Waals surface area contributed by atoms with E-state index in [1.807, 2.05) is 60.1 Å². The molecule has 3 heterocycles. The molecule has 27 heavy (non-hydrogen) atoms. The minimum Gasteiger partial charge on any atom is -0.369 e. The number of hydrogen-bond acceptors (Lipinski definition) is 4. The maximum absolute atomic E-state index is 13.0. The van der Waals surface area contributed by atoms with Crippen LogP contribution in [0, 0.1) is 12.8 Å². The third-order valence-electron chi connectivity index (χ3n) is 5.95. The summed E-state index contributed by atoms with van der Waals surface area (Å²) >= 11 is 0. The summed E-state index contributed by atoms with van der Waals surface area (Å²) in [5.74, 6) is -0.618. The molecule has 0 saturated carbocycles. The van der Waals surface area contributed by atoms with Crippen molar-refractivity contribution in [3.05, 3.63) is 53.3 Å². The minimum atomic E-state index is -0.346. The molecule has 4 rings (SSSR count). The molecule has 2 aromatic rings. The summed E-state index contributed by atoms with van der Waals surface area (Å²) in [4.78, 5) is 29.2. The van der Waals surface area contributed by atoms with E-state index in [4.69, 9.17) is 5.73 Å². The van der Waals surface area contributed by atoms with Crippen LogP contribution in [0.3, 0.4) is 0 Å². The molecule has 1 aromatic heterocycles. The first-order chi connectivity index (χ1) is 13.0. The first-order valence-corrected chi connectivity index (χ1v) is 9.31. The molecule has 0 aliphatic carbocycles. The fourth-order valence-corrected chi connectivity index (χ4v) is 4.49. The lowest BCUT2D eigenvalue weighted by atomic mass is 9.92. The van der Waals surface area contributed by atoms with Gasteiger partial charge in [-0.05, 0) is 18.9 Å². The van der Waals surface area contributed by atoms with Crippen LogP contribution in [0.4, 0.5) is 0 Å². The number of primary amides is 1. The van der Waals surface area contributed by atoms with Gasteiger partial charge in [-0.1, -0.05) is 30.3 Å². The van der Waals surface area contributed by atoms with Crippen LogP contribution < -0.4 is 5.73 Å². The summed E-state index contributed by atoms with van der Waals surface area (Å²) in [6.45, 7) is 3.81. The molecular weight excluding hydrogens is 342 g/mol. The van der Waals surface area contributed by atoms with Gasteiger partial charge in [-0.3, -0.25) is 19.2 Å². The van der Waals surface area contributed by atoms with Gasteiger partial charge in [0.1, 0.15) is 0 Å². The molecule has 2 N–H and O–H groups in total. The average molecular weight is 367 g/mol. The number of rotatable bonds is 4. The fourth-order valence-electron chi connectivity index (χ4n) is 4.49. The van der Waals surface area contributed by atoms with Crippen molar-refractivity contribution in [2.24, 2.45) is 18.7 Å². The van der Waals surface area contributed by atoms with E-state index < -0.39 is 0 Å². The molecule has 7 nitrogen and oxygen atoms in total. The van der Waals surface area contributed by atoms with Crippen LogP contribution in [0.25, 0.3) is 0 Å². The Labute approximate surface area is 158 Å². The van der Waals surface area contributed by atoms with Crippen LogP contribution in [-0.2, 0) is 23.2 Å². The number of nitrogens with two attached hydrogens (primary N) is 1. The molecule has 2 amide bonds. The van der Waals surface area contributed by atoms with E-state index in [2.05, 4.69) is 10.00 Å². The van der Waals surface area contributed by atoms with Crippen molar-refractivity contribution in [3.63, 3.8) is 0 Å². The predicted octanol–water partition coefficient (Wildman–Crippen LogP) is 0.988. The summed E-state index contributed by atoms with van der Waals surface area (Å²) in [6, 6.07) is 9.50. The minimum absolute atomic E-state index is 0.00549. The molecule has 2 saturated heterocycles. The normalized spacial score (nSPS) is 25.6. The van der Waals surface area contributed by atoms with Gasteiger partial charge in [0.2, 0.25) is 11.8 Å². The third-order valence-corrected chi connectivity index (χ3v) is 5.95. The number of hydrogen-bond donors (Lipinski definition) is 1. The maximum atomic E-state index is 13.0. The summed E-state index contributed by atoms with van der Waals surface area (Å²) in [7, 11) is 1.92. The molecule has 2 fully saturated rings. The SMILES string of the molecule is Cc1c(CN2CC(=O)N3[C@H](C[C@@H](C(N)=O)[C@H]3c3ccccc3)C2)cnn1C. The highest BCUT2D eigenvalue weighted by Gasteiger charge is 2.49. The zero-order valence-corrected chi connectivity index (χ0v) is 15.7. The van der Waals surface area contributed by atoms with Crippen LogP contribution in [0.15, 0.2) is 36.5 Å². The summed E-state index contributed by atoms with van der Waals surface area (Å²) in [6.07, 6.45) is 2.48. The Kier molecular flexibility index (Phi) is 4.47. The highest BCUT2D eigenvalue weighted by Crippen LogP contribution is 2.42. The smallest absolute Gasteiger partial charge is 0.237 e. The molecular formula is C20H25N5O2. The van der Waals surface area contributed by atoms with Gasteiger partial charge in [0.15, 0.2) is 0 Å². The molecule has 3 atom stereocenters. The van der Waals surface area contributed by atoms with E-state index in [0.717, 1.165) is 23.4 Å². The highest BCUT2D eigenvalue weighted by atomic mass is 16.2. The number of benzene rings is 1. The Morgan fingerprint density at radius 3 is 2.67 bits per heavy atom. The number of carbonyl (C=O) groups excluding carboxylic acids is 2. The fraction of sp³-hybridized carbons (Fsp3) is 0.450. The standard InChI is InChI=1S/C20H25N5O2/c1-13-15(9-22-23(13)2)10-24-11-16-8-17(20(21)27)19(25(16)18(26)12-24)14-6-4-3-5-7-14/h3-7,9,16-17,19H,8,10-12H2,1-2H3,(H2,21,27)/t16-,17-,19-/m1/s1. The molecule has 142 valence electrons. The van der Waals surface area contributed by atoms with E-state index >= 15 is 0 Å². The summed E-state index contributed by atoms with van der Waals surface area (Å²) in [5.41, 5.74) is 8.92. The second-order valence-corrected chi connectivity index (χ2v) is 7.60.